The van der Waals surface area contributed by atoms with E-state index in [0.717, 1.165) is 23.3 Å². The van der Waals surface area contributed by atoms with Crippen LogP contribution in [-0.2, 0) is 12.0 Å². The van der Waals surface area contributed by atoms with E-state index in [1.165, 1.54) is 10.9 Å². The van der Waals surface area contributed by atoms with Gasteiger partial charge in [-0.05, 0) is 63.1 Å². The van der Waals surface area contributed by atoms with Crippen LogP contribution in [0, 0.1) is 6.92 Å². The Bertz CT molecular complexity index is 1180. The first-order valence-corrected chi connectivity index (χ1v) is 9.93. The molecule has 0 spiro atoms. The number of hydrogen-bond donors (Lipinski definition) is 3. The molecule has 0 atom stereocenters. The maximum absolute atomic E-state index is 12.5. The third-order valence-electron chi connectivity index (χ3n) is 5.20. The lowest BCUT2D eigenvalue weighted by molar-refractivity contribution is 0.0737. The molecule has 0 aliphatic rings. The predicted octanol–water partition coefficient (Wildman–Crippen LogP) is 3.26. The van der Waals surface area contributed by atoms with Crippen molar-refractivity contribution in [2.75, 3.05) is 6.54 Å². The Morgan fingerprint density at radius 1 is 1.17 bits per heavy atom. The summed E-state index contributed by atoms with van der Waals surface area (Å²) in [7, 11) is 0. The molecule has 0 aliphatic heterocycles. The largest absolute Gasteiger partial charge is 0.384 e. The van der Waals surface area contributed by atoms with Gasteiger partial charge in [0.15, 0.2) is 0 Å². The van der Waals surface area contributed by atoms with Crippen LogP contribution in [0.1, 0.15) is 41.2 Å². The lowest BCUT2D eigenvalue weighted by atomic mass is 10.1. The van der Waals surface area contributed by atoms with Gasteiger partial charge in [0.05, 0.1) is 11.9 Å². The molecule has 7 heteroatoms. The molecular formula is C23H25N5O2. The summed E-state index contributed by atoms with van der Waals surface area (Å²) >= 11 is 0. The highest BCUT2D eigenvalue weighted by Crippen LogP contribution is 2.22. The van der Waals surface area contributed by atoms with Gasteiger partial charge in [-0.3, -0.25) is 4.79 Å². The molecule has 2 heterocycles. The lowest BCUT2D eigenvalue weighted by Crippen LogP contribution is -2.25. The Labute approximate surface area is 174 Å². The molecule has 0 aliphatic carbocycles. The number of rotatable bonds is 6. The van der Waals surface area contributed by atoms with Gasteiger partial charge in [0.2, 0.25) is 0 Å². The number of aromatic amines is 1. The minimum atomic E-state index is -1.05. The monoisotopic (exact) mass is 403 g/mol. The molecule has 0 unspecified atom stereocenters. The molecule has 0 saturated heterocycles. The van der Waals surface area contributed by atoms with Gasteiger partial charge in [0, 0.05) is 28.7 Å². The number of nitrogens with one attached hydrogen (secondary N) is 2. The van der Waals surface area contributed by atoms with Gasteiger partial charge in [-0.1, -0.05) is 23.4 Å². The summed E-state index contributed by atoms with van der Waals surface area (Å²) in [5.74, 6) is -0.116. The zero-order chi connectivity index (χ0) is 21.3. The van der Waals surface area contributed by atoms with Gasteiger partial charge < -0.3 is 15.4 Å². The SMILES string of the molecule is Cc1[nH]c2ccccc2c1CCNC(=O)c1ccc(-n2cc(C(C)(C)O)nn2)cc1. The molecule has 4 aromatic rings. The topological polar surface area (TPSA) is 95.8 Å². The third kappa shape index (κ3) is 3.97. The van der Waals surface area contributed by atoms with Crippen LogP contribution in [-0.4, -0.2) is 37.5 Å². The Morgan fingerprint density at radius 2 is 1.90 bits per heavy atom. The molecule has 0 bridgehead atoms. The summed E-state index contributed by atoms with van der Waals surface area (Å²) in [6.45, 7) is 5.93. The van der Waals surface area contributed by atoms with Crippen LogP contribution >= 0.6 is 0 Å². The highest BCUT2D eigenvalue weighted by atomic mass is 16.3. The van der Waals surface area contributed by atoms with Crippen LogP contribution in [0.15, 0.2) is 54.7 Å². The molecule has 0 fully saturated rings. The molecule has 7 nitrogen and oxygen atoms in total. The maximum Gasteiger partial charge on any atom is 0.251 e. The van der Waals surface area contributed by atoms with Gasteiger partial charge in [-0.2, -0.15) is 0 Å². The number of fused-ring (bicyclic) bond motifs is 1. The minimum Gasteiger partial charge on any atom is -0.384 e. The Balaban J connectivity index is 1.39. The average molecular weight is 403 g/mol. The van der Waals surface area contributed by atoms with Crippen molar-refractivity contribution in [3.05, 3.63) is 77.2 Å². The number of para-hydroxylation sites is 1. The number of carbonyl (C=O) groups excluding carboxylic acids is 1. The summed E-state index contributed by atoms with van der Waals surface area (Å²) in [5.41, 5.74) is 4.26. The number of nitrogens with zero attached hydrogens (tertiary/aromatic N) is 3. The molecule has 0 saturated carbocycles. The normalized spacial score (nSPS) is 11.7. The van der Waals surface area contributed by atoms with Crippen LogP contribution in [0.2, 0.25) is 0 Å². The predicted molar refractivity (Wildman–Crippen MR) is 116 cm³/mol. The average Bonchev–Trinajstić information content (AvgIpc) is 3.33. The second-order valence-electron chi connectivity index (χ2n) is 7.93. The van der Waals surface area contributed by atoms with Gasteiger partial charge in [-0.15, -0.1) is 5.10 Å². The number of H-pyrrole nitrogens is 1. The molecule has 0 radical (unpaired) electrons. The van der Waals surface area contributed by atoms with Crippen molar-refractivity contribution in [2.24, 2.45) is 0 Å². The van der Waals surface area contributed by atoms with Crippen LogP contribution in [0.4, 0.5) is 0 Å². The molecule has 2 aromatic heterocycles. The lowest BCUT2D eigenvalue weighted by Gasteiger charge is -2.11. The van der Waals surface area contributed by atoms with Crippen molar-refractivity contribution in [3.8, 4) is 5.69 Å². The highest BCUT2D eigenvalue weighted by Gasteiger charge is 2.20. The molecule has 1 amide bonds. The fourth-order valence-electron chi connectivity index (χ4n) is 3.50. The summed E-state index contributed by atoms with van der Waals surface area (Å²) in [6.07, 6.45) is 2.44. The fraction of sp³-hybridized carbons (Fsp3) is 0.261. The van der Waals surface area contributed by atoms with E-state index in [1.54, 1.807) is 36.9 Å². The Kier molecular flexibility index (Phi) is 5.13. The minimum absolute atomic E-state index is 0.116. The number of amides is 1. The van der Waals surface area contributed by atoms with Gasteiger partial charge in [-0.25, -0.2) is 4.68 Å². The first kappa shape index (κ1) is 19.8. The van der Waals surface area contributed by atoms with E-state index in [-0.39, 0.29) is 5.91 Å². The number of aryl methyl sites for hydroxylation is 1. The third-order valence-corrected chi connectivity index (χ3v) is 5.20. The quantitative estimate of drug-likeness (QED) is 0.460. The zero-order valence-corrected chi connectivity index (χ0v) is 17.3. The van der Waals surface area contributed by atoms with Crippen LogP contribution in [0.25, 0.3) is 16.6 Å². The van der Waals surface area contributed by atoms with E-state index >= 15 is 0 Å². The number of benzene rings is 2. The van der Waals surface area contributed by atoms with Crippen molar-refractivity contribution in [3.63, 3.8) is 0 Å². The van der Waals surface area contributed by atoms with Crippen molar-refractivity contribution in [1.29, 1.82) is 0 Å². The fourth-order valence-corrected chi connectivity index (χ4v) is 3.50. The maximum atomic E-state index is 12.5. The van der Waals surface area contributed by atoms with Gasteiger partial charge in [0.1, 0.15) is 11.3 Å². The number of carbonyl (C=O) groups is 1. The summed E-state index contributed by atoms with van der Waals surface area (Å²) < 4.78 is 1.58. The highest BCUT2D eigenvalue weighted by molar-refractivity contribution is 5.94. The second-order valence-corrected chi connectivity index (χ2v) is 7.93. The van der Waals surface area contributed by atoms with E-state index in [9.17, 15) is 9.90 Å². The van der Waals surface area contributed by atoms with E-state index in [1.807, 2.05) is 24.3 Å². The smallest absolute Gasteiger partial charge is 0.251 e. The Morgan fingerprint density at radius 3 is 2.60 bits per heavy atom. The zero-order valence-electron chi connectivity index (χ0n) is 17.3. The van der Waals surface area contributed by atoms with E-state index in [4.69, 9.17) is 0 Å². The van der Waals surface area contributed by atoms with Crippen LogP contribution in [0.3, 0.4) is 0 Å². The second kappa shape index (κ2) is 7.76. The van der Waals surface area contributed by atoms with E-state index in [0.29, 0.717) is 17.8 Å². The number of aliphatic hydroxyl groups is 1. The summed E-state index contributed by atoms with van der Waals surface area (Å²) in [5, 5.41) is 22.3. The molecule has 4 rings (SSSR count). The van der Waals surface area contributed by atoms with Crippen molar-refractivity contribution in [1.82, 2.24) is 25.3 Å². The number of hydrogen-bond acceptors (Lipinski definition) is 4. The molecule has 2 aromatic carbocycles. The standard InChI is InChI=1S/C23H25N5O2/c1-15-18(19-6-4-5-7-20(19)25-15)12-13-24-22(29)16-8-10-17(11-9-16)28-14-21(26-27-28)23(2,3)30/h4-11,14,25,30H,12-13H2,1-3H3,(H,24,29). The molecule has 30 heavy (non-hydrogen) atoms. The first-order valence-electron chi connectivity index (χ1n) is 9.93. The van der Waals surface area contributed by atoms with Crippen molar-refractivity contribution < 1.29 is 9.90 Å². The van der Waals surface area contributed by atoms with Gasteiger partial charge >= 0.3 is 0 Å². The number of aromatic nitrogens is 4. The van der Waals surface area contributed by atoms with Gasteiger partial charge in [0.25, 0.3) is 5.91 Å². The first-order chi connectivity index (χ1) is 14.3. The van der Waals surface area contributed by atoms with E-state index in [2.05, 4.69) is 39.7 Å². The Hall–Kier alpha value is -3.45. The van der Waals surface area contributed by atoms with Crippen molar-refractivity contribution in [2.45, 2.75) is 32.8 Å². The van der Waals surface area contributed by atoms with Crippen LogP contribution in [0.5, 0.6) is 0 Å². The molecule has 3 N–H and O–H groups in total. The van der Waals surface area contributed by atoms with E-state index < -0.39 is 5.60 Å². The summed E-state index contributed by atoms with van der Waals surface area (Å²) in [6, 6.07) is 15.3. The molecule has 154 valence electrons. The molecular weight excluding hydrogens is 378 g/mol. The summed E-state index contributed by atoms with van der Waals surface area (Å²) in [4.78, 5) is 15.9. The van der Waals surface area contributed by atoms with Crippen LogP contribution < -0.4 is 5.32 Å². The van der Waals surface area contributed by atoms with Crippen molar-refractivity contribution >= 4 is 16.8 Å².